The summed E-state index contributed by atoms with van der Waals surface area (Å²) < 4.78 is 0. The van der Waals surface area contributed by atoms with Crippen molar-refractivity contribution in [1.29, 1.82) is 0 Å². The number of benzene rings is 1. The van der Waals surface area contributed by atoms with Crippen LogP contribution in [-0.2, 0) is 4.79 Å². The molecule has 3 rings (SSSR count). The van der Waals surface area contributed by atoms with Crippen LogP contribution in [0.1, 0.15) is 22.5 Å². The van der Waals surface area contributed by atoms with E-state index in [1.165, 1.54) is 0 Å². The van der Waals surface area contributed by atoms with Gasteiger partial charge in [-0.15, -0.1) is 0 Å². The highest BCUT2D eigenvalue weighted by Gasteiger charge is 2.29. The van der Waals surface area contributed by atoms with Crippen LogP contribution >= 0.6 is 0 Å². The maximum Gasteiger partial charge on any atom is 0.258 e. The molecule has 19 heavy (non-hydrogen) atoms. The van der Waals surface area contributed by atoms with Gasteiger partial charge in [0.2, 0.25) is 0 Å². The van der Waals surface area contributed by atoms with E-state index in [4.69, 9.17) is 0 Å². The van der Waals surface area contributed by atoms with Crippen molar-refractivity contribution >= 4 is 23.2 Å². The first-order chi connectivity index (χ1) is 9.08. The largest absolute Gasteiger partial charge is 0.359 e. The molecule has 0 aliphatic carbocycles. The van der Waals surface area contributed by atoms with Gasteiger partial charge in [0.25, 0.3) is 5.91 Å². The molecule has 0 unspecified atom stereocenters. The Kier molecular flexibility index (Phi) is 2.56. The van der Waals surface area contributed by atoms with E-state index in [0.29, 0.717) is 0 Å². The van der Waals surface area contributed by atoms with Crippen LogP contribution in [0.25, 0.3) is 11.6 Å². The zero-order valence-corrected chi connectivity index (χ0v) is 11.3. The second-order valence-electron chi connectivity index (χ2n) is 4.99. The Hall–Kier alpha value is -2.29. The molecular formula is C16H16N2O. The molecular weight excluding hydrogens is 236 g/mol. The molecule has 0 atom stereocenters. The van der Waals surface area contributed by atoms with Crippen LogP contribution < -0.4 is 4.90 Å². The summed E-state index contributed by atoms with van der Waals surface area (Å²) in [5.74, 6) is 0.0489. The fraction of sp³-hybridized carbons (Fsp3) is 0.188. The van der Waals surface area contributed by atoms with Gasteiger partial charge in [-0.1, -0.05) is 18.2 Å². The summed E-state index contributed by atoms with van der Waals surface area (Å²) in [5.41, 5.74) is 6.00. The van der Waals surface area contributed by atoms with Crippen LogP contribution in [0.2, 0.25) is 0 Å². The molecule has 0 fully saturated rings. The lowest BCUT2D eigenvalue weighted by atomic mass is 10.1. The van der Waals surface area contributed by atoms with Crippen molar-refractivity contribution < 1.29 is 4.79 Å². The first-order valence-electron chi connectivity index (χ1n) is 6.33. The van der Waals surface area contributed by atoms with Gasteiger partial charge in [-0.3, -0.25) is 4.79 Å². The van der Waals surface area contributed by atoms with E-state index in [9.17, 15) is 4.79 Å². The molecule has 96 valence electrons. The summed E-state index contributed by atoms with van der Waals surface area (Å²) >= 11 is 0. The third-order valence-corrected chi connectivity index (χ3v) is 3.57. The third-order valence-electron chi connectivity index (χ3n) is 3.57. The van der Waals surface area contributed by atoms with Crippen molar-refractivity contribution in [3.05, 3.63) is 52.8 Å². The lowest BCUT2D eigenvalue weighted by molar-refractivity contribution is -0.112. The Labute approximate surface area is 112 Å². The highest BCUT2D eigenvalue weighted by Crippen LogP contribution is 2.36. The summed E-state index contributed by atoms with van der Waals surface area (Å²) in [6.07, 6.45) is 1.95. The number of nitrogens with one attached hydrogen (secondary N) is 1. The number of aromatic nitrogens is 1. The molecule has 0 bridgehead atoms. The maximum absolute atomic E-state index is 12.3. The number of nitrogens with zero attached hydrogens (tertiary/aromatic N) is 1. The summed E-state index contributed by atoms with van der Waals surface area (Å²) in [6.45, 7) is 4.07. The topological polar surface area (TPSA) is 36.1 Å². The van der Waals surface area contributed by atoms with Crippen LogP contribution in [0, 0.1) is 13.8 Å². The summed E-state index contributed by atoms with van der Waals surface area (Å²) in [6, 6.07) is 9.97. The van der Waals surface area contributed by atoms with Crippen LogP contribution in [-0.4, -0.2) is 17.9 Å². The van der Waals surface area contributed by atoms with Crippen LogP contribution in [0.4, 0.5) is 5.69 Å². The molecule has 0 radical (unpaired) electrons. The van der Waals surface area contributed by atoms with Crippen molar-refractivity contribution in [2.24, 2.45) is 0 Å². The molecule has 3 nitrogen and oxygen atoms in total. The lowest BCUT2D eigenvalue weighted by Gasteiger charge is -2.07. The summed E-state index contributed by atoms with van der Waals surface area (Å²) in [7, 11) is 1.81. The number of fused-ring (bicyclic) bond motifs is 1. The van der Waals surface area contributed by atoms with Gasteiger partial charge in [-0.05, 0) is 37.6 Å². The first-order valence-corrected chi connectivity index (χ1v) is 6.33. The van der Waals surface area contributed by atoms with E-state index < -0.39 is 0 Å². The van der Waals surface area contributed by atoms with Crippen LogP contribution in [0.15, 0.2) is 30.3 Å². The number of hydrogen-bond donors (Lipinski definition) is 1. The van der Waals surface area contributed by atoms with Gasteiger partial charge >= 0.3 is 0 Å². The number of rotatable bonds is 1. The lowest BCUT2D eigenvalue weighted by Crippen LogP contribution is -2.20. The molecule has 0 saturated carbocycles. The molecule has 1 aromatic carbocycles. The van der Waals surface area contributed by atoms with Crippen molar-refractivity contribution in [2.75, 3.05) is 11.9 Å². The van der Waals surface area contributed by atoms with Crippen molar-refractivity contribution in [2.45, 2.75) is 13.8 Å². The number of likely N-dealkylation sites (N-methyl/N-ethyl adjacent to an activating group) is 1. The van der Waals surface area contributed by atoms with Gasteiger partial charge < -0.3 is 9.88 Å². The third kappa shape index (κ3) is 1.78. The molecule has 1 N–H and O–H groups in total. The smallest absolute Gasteiger partial charge is 0.258 e. The average Bonchev–Trinajstić information content (AvgIpc) is 2.83. The molecule has 1 aromatic heterocycles. The highest BCUT2D eigenvalue weighted by atomic mass is 16.2. The van der Waals surface area contributed by atoms with Gasteiger partial charge in [-0.2, -0.15) is 0 Å². The molecule has 1 aliphatic heterocycles. The molecule has 1 aliphatic rings. The first kappa shape index (κ1) is 11.8. The van der Waals surface area contributed by atoms with Gasteiger partial charge in [0.15, 0.2) is 0 Å². The Morgan fingerprint density at radius 3 is 2.63 bits per heavy atom. The minimum absolute atomic E-state index is 0.0489. The van der Waals surface area contributed by atoms with Gasteiger partial charge in [0.05, 0.1) is 11.3 Å². The van der Waals surface area contributed by atoms with E-state index in [2.05, 4.69) is 11.1 Å². The van der Waals surface area contributed by atoms with E-state index in [0.717, 1.165) is 33.8 Å². The predicted octanol–water partition coefficient (Wildman–Crippen LogP) is 3.15. The number of anilines is 1. The summed E-state index contributed by atoms with van der Waals surface area (Å²) in [4.78, 5) is 17.3. The molecule has 1 amide bonds. The van der Waals surface area contributed by atoms with E-state index in [1.807, 2.05) is 51.2 Å². The van der Waals surface area contributed by atoms with Crippen LogP contribution in [0.5, 0.6) is 0 Å². The number of aryl methyl sites for hydroxylation is 2. The Bertz CT molecular complexity index is 695. The van der Waals surface area contributed by atoms with Crippen molar-refractivity contribution in [3.63, 3.8) is 0 Å². The Balaban J connectivity index is 2.16. The molecule has 2 aromatic rings. The highest BCUT2D eigenvalue weighted by molar-refractivity contribution is 6.35. The van der Waals surface area contributed by atoms with Gasteiger partial charge in [0.1, 0.15) is 0 Å². The number of hydrogen-bond acceptors (Lipinski definition) is 1. The van der Waals surface area contributed by atoms with Gasteiger partial charge in [-0.25, -0.2) is 0 Å². The van der Waals surface area contributed by atoms with Crippen molar-refractivity contribution in [1.82, 2.24) is 4.98 Å². The second-order valence-corrected chi connectivity index (χ2v) is 4.99. The fourth-order valence-electron chi connectivity index (χ4n) is 2.58. The number of amides is 1. The SMILES string of the molecule is Cc1cc(C)c(C=C2C(=O)N(C)c3ccccc32)[nH]1. The minimum Gasteiger partial charge on any atom is -0.359 e. The second kappa shape index (κ2) is 4.12. The number of para-hydroxylation sites is 1. The zero-order valence-electron chi connectivity index (χ0n) is 11.3. The quantitative estimate of drug-likeness (QED) is 0.778. The summed E-state index contributed by atoms with van der Waals surface area (Å²) in [5, 5.41) is 0. The van der Waals surface area contributed by atoms with E-state index in [1.54, 1.807) is 4.90 Å². The van der Waals surface area contributed by atoms with Crippen molar-refractivity contribution in [3.8, 4) is 0 Å². The molecule has 0 saturated heterocycles. The van der Waals surface area contributed by atoms with Crippen LogP contribution in [0.3, 0.4) is 0 Å². The number of carbonyl (C=O) groups is 1. The monoisotopic (exact) mass is 252 g/mol. The normalized spacial score (nSPS) is 16.3. The Morgan fingerprint density at radius 1 is 1.21 bits per heavy atom. The Morgan fingerprint density at radius 2 is 1.95 bits per heavy atom. The molecule has 2 heterocycles. The molecule has 0 spiro atoms. The zero-order chi connectivity index (χ0) is 13.6. The van der Waals surface area contributed by atoms with Gasteiger partial charge in [0, 0.05) is 24.0 Å². The van der Waals surface area contributed by atoms with E-state index >= 15 is 0 Å². The van der Waals surface area contributed by atoms with E-state index in [-0.39, 0.29) is 5.91 Å². The number of carbonyl (C=O) groups excluding carboxylic acids is 1. The number of H-pyrrole nitrogens is 1. The number of aromatic amines is 1. The molecule has 3 heteroatoms. The standard InChI is InChI=1S/C16H16N2O/c1-10-8-11(2)17-14(10)9-13-12-6-4-5-7-15(12)18(3)16(13)19/h4-9,17H,1-3H3. The average molecular weight is 252 g/mol. The predicted molar refractivity (Wildman–Crippen MR) is 78.0 cm³/mol. The maximum atomic E-state index is 12.3. The fourth-order valence-corrected chi connectivity index (χ4v) is 2.58. The minimum atomic E-state index is 0.0489.